The minimum atomic E-state index is -3.88. The van der Waals surface area contributed by atoms with Crippen molar-refractivity contribution in [1.29, 1.82) is 0 Å². The van der Waals surface area contributed by atoms with Crippen LogP contribution >= 0.6 is 11.6 Å². The second-order valence-corrected chi connectivity index (χ2v) is 9.43. The van der Waals surface area contributed by atoms with E-state index in [1.807, 2.05) is 0 Å². The molecule has 8 nitrogen and oxygen atoms in total. The van der Waals surface area contributed by atoms with Gasteiger partial charge in [0.25, 0.3) is 5.91 Å². The summed E-state index contributed by atoms with van der Waals surface area (Å²) in [5.74, 6) is -0.840. The van der Waals surface area contributed by atoms with E-state index in [0.717, 1.165) is 18.2 Å². The summed E-state index contributed by atoms with van der Waals surface area (Å²) in [5, 5.41) is 3.08. The first-order valence-electron chi connectivity index (χ1n) is 9.91. The molecule has 1 saturated heterocycles. The molecule has 1 amide bonds. The van der Waals surface area contributed by atoms with Gasteiger partial charge in [0.05, 0.1) is 35.6 Å². The number of carbonyl (C=O) groups is 1. The molecule has 0 bridgehead atoms. The number of benzene rings is 2. The topological polar surface area (TPSA) is 97.8 Å². The Labute approximate surface area is 195 Å². The van der Waals surface area contributed by atoms with Crippen LogP contribution < -0.4 is 10.1 Å². The van der Waals surface area contributed by atoms with Crippen molar-refractivity contribution in [2.75, 3.05) is 31.6 Å². The number of rotatable bonds is 6. The quantitative estimate of drug-likeness (QED) is 0.561. The van der Waals surface area contributed by atoms with Gasteiger partial charge in [-0.2, -0.15) is 4.31 Å². The van der Waals surface area contributed by atoms with Crippen LogP contribution in [-0.2, 0) is 14.8 Å². The first-order valence-corrected chi connectivity index (χ1v) is 11.7. The number of morpholine rings is 1. The maximum absolute atomic E-state index is 14.4. The number of halogens is 2. The fraction of sp³-hybridized carbons (Fsp3) is 0.182. The van der Waals surface area contributed by atoms with E-state index in [9.17, 15) is 17.6 Å². The van der Waals surface area contributed by atoms with E-state index >= 15 is 0 Å². The number of pyridine rings is 1. The van der Waals surface area contributed by atoms with Crippen molar-refractivity contribution in [2.45, 2.75) is 4.90 Å². The van der Waals surface area contributed by atoms with Gasteiger partial charge in [-0.25, -0.2) is 17.8 Å². The Kier molecular flexibility index (Phi) is 6.89. The van der Waals surface area contributed by atoms with Crippen molar-refractivity contribution in [3.8, 4) is 11.6 Å². The number of hydrogen-bond acceptors (Lipinski definition) is 6. The summed E-state index contributed by atoms with van der Waals surface area (Å²) in [5.41, 5.74) is -0.116. The normalized spacial score (nSPS) is 14.6. The Morgan fingerprint density at radius 2 is 1.82 bits per heavy atom. The van der Waals surface area contributed by atoms with Crippen LogP contribution in [-0.4, -0.2) is 49.9 Å². The third kappa shape index (κ3) is 5.48. The molecule has 33 heavy (non-hydrogen) atoms. The molecule has 1 aromatic heterocycles. The van der Waals surface area contributed by atoms with Gasteiger partial charge in [-0.1, -0.05) is 11.6 Å². The first kappa shape index (κ1) is 23.1. The SMILES string of the molecule is O=C(Nc1ccc(Oc2ccc(Cl)cc2)nc1)c1cc(S(=O)(=O)N2CCOCC2)ccc1F. The van der Waals surface area contributed by atoms with Gasteiger partial charge in [0.15, 0.2) is 0 Å². The molecule has 172 valence electrons. The number of carbonyl (C=O) groups excluding carboxylic acids is 1. The van der Waals surface area contributed by atoms with Crippen LogP contribution in [0.1, 0.15) is 10.4 Å². The lowest BCUT2D eigenvalue weighted by molar-refractivity contribution is 0.0730. The fourth-order valence-electron chi connectivity index (χ4n) is 3.11. The molecular weight excluding hydrogens is 473 g/mol. The lowest BCUT2D eigenvalue weighted by atomic mass is 10.2. The van der Waals surface area contributed by atoms with Crippen molar-refractivity contribution in [2.24, 2.45) is 0 Å². The number of hydrogen-bond donors (Lipinski definition) is 1. The number of nitrogens with one attached hydrogen (secondary N) is 1. The van der Waals surface area contributed by atoms with Gasteiger partial charge in [0.1, 0.15) is 11.6 Å². The van der Waals surface area contributed by atoms with Gasteiger partial charge in [-0.15, -0.1) is 0 Å². The van der Waals surface area contributed by atoms with E-state index < -0.39 is 27.3 Å². The van der Waals surface area contributed by atoms with E-state index in [1.165, 1.54) is 22.6 Å². The zero-order valence-electron chi connectivity index (χ0n) is 17.2. The van der Waals surface area contributed by atoms with E-state index in [2.05, 4.69) is 10.3 Å². The number of nitrogens with zero attached hydrogens (tertiary/aromatic N) is 2. The Balaban J connectivity index is 1.48. The monoisotopic (exact) mass is 491 g/mol. The lowest BCUT2D eigenvalue weighted by Crippen LogP contribution is -2.40. The van der Waals surface area contributed by atoms with Crippen molar-refractivity contribution < 1.29 is 27.1 Å². The lowest BCUT2D eigenvalue weighted by Gasteiger charge is -2.26. The molecule has 4 rings (SSSR count). The maximum atomic E-state index is 14.4. The van der Waals surface area contributed by atoms with Gasteiger partial charge in [0, 0.05) is 24.2 Å². The molecule has 0 saturated carbocycles. The first-order chi connectivity index (χ1) is 15.8. The summed E-state index contributed by atoms with van der Waals surface area (Å²) >= 11 is 5.84. The van der Waals surface area contributed by atoms with E-state index in [4.69, 9.17) is 21.1 Å². The minimum Gasteiger partial charge on any atom is -0.439 e. The van der Waals surface area contributed by atoms with E-state index in [1.54, 1.807) is 24.3 Å². The van der Waals surface area contributed by atoms with Crippen molar-refractivity contribution >= 4 is 33.2 Å². The third-order valence-electron chi connectivity index (χ3n) is 4.82. The fourth-order valence-corrected chi connectivity index (χ4v) is 4.67. The van der Waals surface area contributed by atoms with Gasteiger partial charge in [0.2, 0.25) is 15.9 Å². The molecule has 1 aliphatic rings. The highest BCUT2D eigenvalue weighted by molar-refractivity contribution is 7.89. The van der Waals surface area contributed by atoms with Crippen molar-refractivity contribution in [3.05, 3.63) is 77.2 Å². The van der Waals surface area contributed by atoms with Gasteiger partial charge in [-0.05, 0) is 48.5 Å². The van der Waals surface area contributed by atoms with Crippen molar-refractivity contribution in [3.63, 3.8) is 0 Å². The Bertz CT molecular complexity index is 1250. The summed E-state index contributed by atoms with van der Waals surface area (Å²) in [4.78, 5) is 16.6. The van der Waals surface area contributed by atoms with Gasteiger partial charge < -0.3 is 14.8 Å². The molecule has 2 heterocycles. The molecule has 0 aliphatic carbocycles. The molecule has 3 aromatic rings. The van der Waals surface area contributed by atoms with E-state index in [0.29, 0.717) is 10.8 Å². The summed E-state index contributed by atoms with van der Waals surface area (Å²) in [6, 6.07) is 12.9. The zero-order valence-corrected chi connectivity index (χ0v) is 18.8. The molecule has 0 spiro atoms. The molecule has 1 fully saturated rings. The van der Waals surface area contributed by atoms with Crippen LogP contribution in [0, 0.1) is 5.82 Å². The smallest absolute Gasteiger partial charge is 0.258 e. The number of aromatic nitrogens is 1. The molecule has 1 aliphatic heterocycles. The Morgan fingerprint density at radius 3 is 2.48 bits per heavy atom. The van der Waals surface area contributed by atoms with Crippen molar-refractivity contribution in [1.82, 2.24) is 9.29 Å². The largest absolute Gasteiger partial charge is 0.439 e. The van der Waals surface area contributed by atoms with Crippen LogP contribution in [0.15, 0.2) is 65.7 Å². The average molecular weight is 492 g/mol. The molecule has 0 radical (unpaired) electrons. The highest BCUT2D eigenvalue weighted by Gasteiger charge is 2.28. The molecule has 1 N–H and O–H groups in total. The Morgan fingerprint density at radius 1 is 1.09 bits per heavy atom. The minimum absolute atomic E-state index is 0.166. The average Bonchev–Trinajstić information content (AvgIpc) is 2.82. The summed E-state index contributed by atoms with van der Waals surface area (Å²) in [6.45, 7) is 0.936. The van der Waals surface area contributed by atoms with Gasteiger partial charge >= 0.3 is 0 Å². The number of ether oxygens (including phenoxy) is 2. The Hall–Kier alpha value is -3.05. The number of anilines is 1. The van der Waals surface area contributed by atoms with E-state index in [-0.39, 0.29) is 42.8 Å². The predicted molar refractivity (Wildman–Crippen MR) is 120 cm³/mol. The van der Waals surface area contributed by atoms with Crippen LogP contribution in [0.3, 0.4) is 0 Å². The van der Waals surface area contributed by atoms with Crippen LogP contribution in [0.25, 0.3) is 0 Å². The second-order valence-electron chi connectivity index (χ2n) is 7.05. The number of sulfonamides is 1. The zero-order chi connectivity index (χ0) is 23.4. The third-order valence-corrected chi connectivity index (χ3v) is 6.97. The summed E-state index contributed by atoms with van der Waals surface area (Å²) in [6.07, 6.45) is 1.34. The molecule has 0 unspecified atom stereocenters. The standard InChI is InChI=1S/C22H19ClFN3O5S/c23-15-1-4-17(5-2-15)32-21-8-3-16(14-25-21)26-22(28)19-13-18(6-7-20(19)24)33(29,30)27-9-11-31-12-10-27/h1-8,13-14H,9-12H2,(H,26,28). The second kappa shape index (κ2) is 9.84. The van der Waals surface area contributed by atoms with Crippen LogP contribution in [0.4, 0.5) is 10.1 Å². The summed E-state index contributed by atoms with van der Waals surface area (Å²) in [7, 11) is -3.88. The highest BCUT2D eigenvalue weighted by atomic mass is 35.5. The molecule has 0 atom stereocenters. The maximum Gasteiger partial charge on any atom is 0.258 e. The van der Waals surface area contributed by atoms with Gasteiger partial charge in [-0.3, -0.25) is 4.79 Å². The van der Waals surface area contributed by atoms with Crippen LogP contribution in [0.5, 0.6) is 11.6 Å². The summed E-state index contributed by atoms with van der Waals surface area (Å²) < 4.78 is 52.0. The molecule has 2 aromatic carbocycles. The highest BCUT2D eigenvalue weighted by Crippen LogP contribution is 2.24. The predicted octanol–water partition coefficient (Wildman–Crippen LogP) is 3.94. The number of amides is 1. The molecule has 11 heteroatoms. The van der Waals surface area contributed by atoms with Crippen LogP contribution in [0.2, 0.25) is 5.02 Å². The molecular formula is C22H19ClFN3O5S.